The SMILES string of the molecule is N=C(N)c1ccc(NC(=O)NC2CCC2)cc1. The highest BCUT2D eigenvalue weighted by Gasteiger charge is 2.19. The molecule has 0 bridgehead atoms. The molecular weight excluding hydrogens is 216 g/mol. The Hall–Kier alpha value is -2.04. The van der Waals surface area contributed by atoms with Crippen LogP contribution in [0.1, 0.15) is 24.8 Å². The molecule has 0 aromatic heterocycles. The Labute approximate surface area is 99.9 Å². The number of carbonyl (C=O) groups is 1. The van der Waals surface area contributed by atoms with Crippen molar-refractivity contribution in [1.29, 1.82) is 5.41 Å². The van der Waals surface area contributed by atoms with E-state index in [2.05, 4.69) is 10.6 Å². The number of rotatable bonds is 3. The summed E-state index contributed by atoms with van der Waals surface area (Å²) >= 11 is 0. The van der Waals surface area contributed by atoms with Crippen molar-refractivity contribution in [2.24, 2.45) is 5.73 Å². The predicted molar refractivity (Wildman–Crippen MR) is 67.3 cm³/mol. The first-order chi connectivity index (χ1) is 8.15. The van der Waals surface area contributed by atoms with Gasteiger partial charge in [-0.05, 0) is 43.5 Å². The number of urea groups is 1. The van der Waals surface area contributed by atoms with Gasteiger partial charge in [-0.15, -0.1) is 0 Å². The van der Waals surface area contributed by atoms with E-state index in [9.17, 15) is 4.79 Å². The summed E-state index contributed by atoms with van der Waals surface area (Å²) in [5.74, 6) is 0.0236. The van der Waals surface area contributed by atoms with Gasteiger partial charge >= 0.3 is 6.03 Å². The number of benzene rings is 1. The maximum atomic E-state index is 11.5. The number of nitrogens with two attached hydrogens (primary N) is 1. The normalized spacial score (nSPS) is 14.8. The Bertz CT molecular complexity index is 423. The van der Waals surface area contributed by atoms with Crippen molar-refractivity contribution >= 4 is 17.6 Å². The Morgan fingerprint density at radius 3 is 2.41 bits per heavy atom. The van der Waals surface area contributed by atoms with E-state index in [1.807, 2.05) is 0 Å². The van der Waals surface area contributed by atoms with Gasteiger partial charge in [-0.2, -0.15) is 0 Å². The van der Waals surface area contributed by atoms with Crippen LogP contribution in [-0.4, -0.2) is 17.9 Å². The molecule has 2 amide bonds. The van der Waals surface area contributed by atoms with E-state index in [0.29, 0.717) is 17.3 Å². The summed E-state index contributed by atoms with van der Waals surface area (Å²) in [5.41, 5.74) is 6.69. The lowest BCUT2D eigenvalue weighted by Crippen LogP contribution is -2.41. The van der Waals surface area contributed by atoms with Gasteiger partial charge in [-0.25, -0.2) is 4.79 Å². The summed E-state index contributed by atoms with van der Waals surface area (Å²) in [7, 11) is 0. The van der Waals surface area contributed by atoms with E-state index in [1.54, 1.807) is 24.3 Å². The first-order valence-electron chi connectivity index (χ1n) is 5.67. The summed E-state index contributed by atoms with van der Waals surface area (Å²) in [6.07, 6.45) is 3.33. The zero-order chi connectivity index (χ0) is 12.3. The molecule has 0 heterocycles. The number of hydrogen-bond donors (Lipinski definition) is 4. The predicted octanol–water partition coefficient (Wildman–Crippen LogP) is 1.64. The minimum absolute atomic E-state index is 0.0236. The fourth-order valence-corrected chi connectivity index (χ4v) is 1.64. The summed E-state index contributed by atoms with van der Waals surface area (Å²) in [5, 5.41) is 12.9. The molecule has 2 rings (SSSR count). The van der Waals surface area contributed by atoms with Crippen molar-refractivity contribution in [3.63, 3.8) is 0 Å². The third kappa shape index (κ3) is 2.96. The molecular formula is C12H16N4O. The molecule has 5 N–H and O–H groups in total. The number of nitrogen functional groups attached to an aromatic ring is 1. The zero-order valence-corrected chi connectivity index (χ0v) is 9.49. The van der Waals surface area contributed by atoms with Crippen molar-refractivity contribution in [3.8, 4) is 0 Å². The van der Waals surface area contributed by atoms with Crippen LogP contribution in [0.2, 0.25) is 0 Å². The summed E-state index contributed by atoms with van der Waals surface area (Å²) in [6.45, 7) is 0. The van der Waals surface area contributed by atoms with E-state index in [4.69, 9.17) is 11.1 Å². The largest absolute Gasteiger partial charge is 0.384 e. The summed E-state index contributed by atoms with van der Waals surface area (Å²) < 4.78 is 0. The van der Waals surface area contributed by atoms with Crippen LogP contribution in [0.5, 0.6) is 0 Å². The second-order valence-electron chi connectivity index (χ2n) is 4.22. The van der Waals surface area contributed by atoms with Gasteiger partial charge in [0.05, 0.1) is 0 Å². The number of anilines is 1. The second-order valence-corrected chi connectivity index (χ2v) is 4.22. The molecule has 1 aromatic rings. The standard InChI is InChI=1S/C12H16N4O/c13-11(14)8-4-6-10(7-5-8)16-12(17)15-9-2-1-3-9/h4-7,9H,1-3H2,(H3,13,14)(H2,15,16,17). The lowest BCUT2D eigenvalue weighted by Gasteiger charge is -2.26. The number of amides is 2. The number of carbonyl (C=O) groups excluding carboxylic acids is 1. The number of amidine groups is 1. The average Bonchev–Trinajstić information content (AvgIpc) is 2.24. The lowest BCUT2D eigenvalue weighted by atomic mass is 9.93. The molecule has 0 atom stereocenters. The highest BCUT2D eigenvalue weighted by molar-refractivity contribution is 5.96. The van der Waals surface area contributed by atoms with Gasteiger partial charge in [-0.1, -0.05) is 0 Å². The van der Waals surface area contributed by atoms with Crippen LogP contribution >= 0.6 is 0 Å². The van der Waals surface area contributed by atoms with E-state index in [-0.39, 0.29) is 11.9 Å². The fourth-order valence-electron chi connectivity index (χ4n) is 1.64. The maximum Gasteiger partial charge on any atom is 0.319 e. The van der Waals surface area contributed by atoms with E-state index in [1.165, 1.54) is 6.42 Å². The summed E-state index contributed by atoms with van der Waals surface area (Å²) in [4.78, 5) is 11.5. The van der Waals surface area contributed by atoms with Crippen LogP contribution in [0, 0.1) is 5.41 Å². The molecule has 1 aliphatic carbocycles. The molecule has 0 unspecified atom stereocenters. The first kappa shape index (κ1) is 11.4. The third-order valence-electron chi connectivity index (χ3n) is 2.89. The van der Waals surface area contributed by atoms with Crippen LogP contribution in [0.25, 0.3) is 0 Å². The smallest absolute Gasteiger partial charge is 0.319 e. The highest BCUT2D eigenvalue weighted by Crippen LogP contribution is 2.18. The zero-order valence-electron chi connectivity index (χ0n) is 9.49. The third-order valence-corrected chi connectivity index (χ3v) is 2.89. The van der Waals surface area contributed by atoms with Gasteiger partial charge in [0, 0.05) is 17.3 Å². The topological polar surface area (TPSA) is 91.0 Å². The Morgan fingerprint density at radius 1 is 1.29 bits per heavy atom. The van der Waals surface area contributed by atoms with Gasteiger partial charge in [0.25, 0.3) is 0 Å². The number of nitrogens with one attached hydrogen (secondary N) is 3. The monoisotopic (exact) mass is 232 g/mol. The quantitative estimate of drug-likeness (QED) is 0.471. The Kier molecular flexibility index (Phi) is 3.27. The molecule has 17 heavy (non-hydrogen) atoms. The molecule has 1 aliphatic rings. The van der Waals surface area contributed by atoms with Crippen molar-refractivity contribution in [1.82, 2.24) is 5.32 Å². The molecule has 5 nitrogen and oxygen atoms in total. The Balaban J connectivity index is 1.89. The van der Waals surface area contributed by atoms with Gasteiger partial charge in [-0.3, -0.25) is 5.41 Å². The van der Waals surface area contributed by atoms with Gasteiger partial charge in [0.1, 0.15) is 5.84 Å². The van der Waals surface area contributed by atoms with Crippen molar-refractivity contribution in [2.75, 3.05) is 5.32 Å². The minimum Gasteiger partial charge on any atom is -0.384 e. The molecule has 0 radical (unpaired) electrons. The fraction of sp³-hybridized carbons (Fsp3) is 0.333. The molecule has 90 valence electrons. The van der Waals surface area contributed by atoms with Crippen molar-refractivity contribution < 1.29 is 4.79 Å². The average molecular weight is 232 g/mol. The van der Waals surface area contributed by atoms with Crippen LogP contribution in [0.4, 0.5) is 10.5 Å². The van der Waals surface area contributed by atoms with Crippen molar-refractivity contribution in [2.45, 2.75) is 25.3 Å². The van der Waals surface area contributed by atoms with E-state index in [0.717, 1.165) is 12.8 Å². The van der Waals surface area contributed by atoms with Crippen LogP contribution < -0.4 is 16.4 Å². The molecule has 1 saturated carbocycles. The highest BCUT2D eigenvalue weighted by atomic mass is 16.2. The molecule has 0 saturated heterocycles. The van der Waals surface area contributed by atoms with Gasteiger partial charge < -0.3 is 16.4 Å². The van der Waals surface area contributed by atoms with E-state index >= 15 is 0 Å². The first-order valence-corrected chi connectivity index (χ1v) is 5.67. The van der Waals surface area contributed by atoms with Crippen molar-refractivity contribution in [3.05, 3.63) is 29.8 Å². The molecule has 5 heteroatoms. The van der Waals surface area contributed by atoms with Gasteiger partial charge in [0.15, 0.2) is 0 Å². The molecule has 0 aliphatic heterocycles. The Morgan fingerprint density at radius 2 is 1.94 bits per heavy atom. The molecule has 1 aromatic carbocycles. The van der Waals surface area contributed by atoms with Gasteiger partial charge in [0.2, 0.25) is 0 Å². The van der Waals surface area contributed by atoms with Crippen LogP contribution in [0.3, 0.4) is 0 Å². The molecule has 0 spiro atoms. The summed E-state index contributed by atoms with van der Waals surface area (Å²) in [6, 6.07) is 7.04. The number of hydrogen-bond acceptors (Lipinski definition) is 2. The lowest BCUT2D eigenvalue weighted by molar-refractivity contribution is 0.240. The van der Waals surface area contributed by atoms with Crippen LogP contribution in [0.15, 0.2) is 24.3 Å². The minimum atomic E-state index is -0.176. The maximum absolute atomic E-state index is 11.5. The molecule has 1 fully saturated rings. The second kappa shape index (κ2) is 4.86. The van der Waals surface area contributed by atoms with Crippen LogP contribution in [-0.2, 0) is 0 Å². The van der Waals surface area contributed by atoms with E-state index < -0.39 is 0 Å².